The molecule has 56 valence electrons. The summed E-state index contributed by atoms with van der Waals surface area (Å²) in [7, 11) is 0. The number of carbonyl (C=O) groups excluding carboxylic acids is 1. The minimum Gasteiger partial charge on any atom is -0.298 e. The van der Waals surface area contributed by atoms with Crippen LogP contribution in [0, 0.1) is 11.8 Å². The van der Waals surface area contributed by atoms with Crippen molar-refractivity contribution in [3.8, 4) is 11.8 Å². The molecule has 0 aromatic rings. The number of hydrogen-bond donors (Lipinski definition) is 0. The highest BCUT2D eigenvalue weighted by molar-refractivity contribution is 5.81. The summed E-state index contributed by atoms with van der Waals surface area (Å²) < 4.78 is 0. The molecule has 0 aliphatic heterocycles. The second-order valence-electron chi connectivity index (χ2n) is 1.77. The van der Waals surface area contributed by atoms with Crippen LogP contribution in [0.3, 0.4) is 0 Å². The molecule has 0 spiro atoms. The smallest absolute Gasteiger partial charge is 0.151 e. The van der Waals surface area contributed by atoms with E-state index in [1.807, 2.05) is 0 Å². The number of carbonyl (C=O) groups is 1. The lowest BCUT2D eigenvalue weighted by Crippen LogP contribution is -1.84. The predicted molar refractivity (Wildman–Crippen MR) is 46.9 cm³/mol. The molecule has 0 saturated carbocycles. The van der Waals surface area contributed by atoms with Gasteiger partial charge < -0.3 is 0 Å². The van der Waals surface area contributed by atoms with Crippen LogP contribution in [0.5, 0.6) is 0 Å². The van der Waals surface area contributed by atoms with Crippen molar-refractivity contribution in [2.45, 2.75) is 6.92 Å². The van der Waals surface area contributed by atoms with E-state index in [9.17, 15) is 4.79 Å². The Labute approximate surface area is 67.1 Å². The number of allylic oxidation sites excluding steroid dienone is 4. The monoisotopic (exact) mass is 146 g/mol. The first-order chi connectivity index (χ1) is 5.29. The zero-order valence-electron chi connectivity index (χ0n) is 6.55. The van der Waals surface area contributed by atoms with E-state index in [1.54, 1.807) is 13.0 Å². The molecule has 0 aromatic carbocycles. The molecule has 0 aliphatic carbocycles. The van der Waals surface area contributed by atoms with Crippen molar-refractivity contribution < 1.29 is 4.79 Å². The van der Waals surface area contributed by atoms with Crippen LogP contribution in [0.4, 0.5) is 0 Å². The van der Waals surface area contributed by atoms with Crippen LogP contribution in [0.2, 0.25) is 0 Å². The Balaban J connectivity index is 5.02. The third kappa shape index (κ3) is 2.68. The molecule has 0 fully saturated rings. The van der Waals surface area contributed by atoms with Gasteiger partial charge in [0.1, 0.15) is 0 Å². The molecule has 0 unspecified atom stereocenters. The van der Waals surface area contributed by atoms with E-state index in [0.29, 0.717) is 17.4 Å². The quantitative estimate of drug-likeness (QED) is 0.257. The maximum Gasteiger partial charge on any atom is 0.151 e. The normalized spacial score (nSPS) is 10.3. The molecule has 0 rings (SSSR count). The van der Waals surface area contributed by atoms with E-state index in [-0.39, 0.29) is 0 Å². The molecular formula is C10H10O. The van der Waals surface area contributed by atoms with E-state index in [4.69, 9.17) is 0 Å². The molecule has 1 heteroatoms. The molecule has 0 N–H and O–H groups in total. The van der Waals surface area contributed by atoms with E-state index < -0.39 is 0 Å². The minimum absolute atomic E-state index is 0.481. The fourth-order valence-corrected chi connectivity index (χ4v) is 0.597. The van der Waals surface area contributed by atoms with Crippen LogP contribution in [-0.4, -0.2) is 6.29 Å². The van der Waals surface area contributed by atoms with Crippen molar-refractivity contribution in [2.24, 2.45) is 0 Å². The van der Waals surface area contributed by atoms with Gasteiger partial charge in [-0.25, -0.2) is 0 Å². The van der Waals surface area contributed by atoms with Crippen LogP contribution < -0.4 is 0 Å². The lowest BCUT2D eigenvalue weighted by Gasteiger charge is -1.91. The largest absolute Gasteiger partial charge is 0.298 e. The SMILES string of the molecule is C=C/C(C#CC)=C(\C=C)C=O. The Hall–Kier alpha value is -1.55. The maximum absolute atomic E-state index is 10.4. The Morgan fingerprint density at radius 3 is 2.27 bits per heavy atom. The molecule has 0 atom stereocenters. The molecule has 1 nitrogen and oxygen atoms in total. The molecular weight excluding hydrogens is 136 g/mol. The van der Waals surface area contributed by atoms with Crippen molar-refractivity contribution in [1.82, 2.24) is 0 Å². The molecule has 0 radical (unpaired) electrons. The summed E-state index contributed by atoms with van der Waals surface area (Å²) in [6, 6.07) is 0. The number of aldehydes is 1. The van der Waals surface area contributed by atoms with Gasteiger partial charge in [0.2, 0.25) is 0 Å². The van der Waals surface area contributed by atoms with Gasteiger partial charge in [-0.1, -0.05) is 31.2 Å². The number of hydrogen-bond acceptors (Lipinski definition) is 1. The third-order valence-electron chi connectivity index (χ3n) is 1.12. The standard InChI is InChI=1S/C10H10O/c1-4-7-9(5-2)10(6-3)8-11/h5-6,8H,2-3H2,1H3/b10-9-. The van der Waals surface area contributed by atoms with Crippen LogP contribution in [0.15, 0.2) is 36.5 Å². The predicted octanol–water partition coefficient (Wildman–Crippen LogP) is 1.88. The van der Waals surface area contributed by atoms with Gasteiger partial charge >= 0.3 is 0 Å². The van der Waals surface area contributed by atoms with Crippen LogP contribution in [0.1, 0.15) is 6.92 Å². The Morgan fingerprint density at radius 2 is 2.00 bits per heavy atom. The Morgan fingerprint density at radius 1 is 1.36 bits per heavy atom. The van der Waals surface area contributed by atoms with Crippen molar-refractivity contribution in [2.75, 3.05) is 0 Å². The van der Waals surface area contributed by atoms with Gasteiger partial charge in [-0.15, -0.1) is 5.92 Å². The highest BCUT2D eigenvalue weighted by Gasteiger charge is 1.93. The third-order valence-corrected chi connectivity index (χ3v) is 1.12. The fourth-order valence-electron chi connectivity index (χ4n) is 0.597. The van der Waals surface area contributed by atoms with Crippen molar-refractivity contribution >= 4 is 6.29 Å². The Bertz CT molecular complexity index is 248. The first-order valence-corrected chi connectivity index (χ1v) is 3.17. The highest BCUT2D eigenvalue weighted by atomic mass is 16.1. The van der Waals surface area contributed by atoms with Crippen molar-refractivity contribution in [1.29, 1.82) is 0 Å². The molecule has 0 amide bonds. The van der Waals surface area contributed by atoms with Crippen molar-refractivity contribution in [3.05, 3.63) is 36.5 Å². The van der Waals surface area contributed by atoms with E-state index in [1.165, 1.54) is 6.08 Å². The fraction of sp³-hybridized carbons (Fsp3) is 0.100. The van der Waals surface area contributed by atoms with Crippen molar-refractivity contribution in [3.63, 3.8) is 0 Å². The molecule has 11 heavy (non-hydrogen) atoms. The second-order valence-corrected chi connectivity index (χ2v) is 1.77. The summed E-state index contributed by atoms with van der Waals surface area (Å²) in [5.41, 5.74) is 1.10. The number of rotatable bonds is 3. The molecule has 0 bridgehead atoms. The average Bonchev–Trinajstić information content (AvgIpc) is 2.05. The van der Waals surface area contributed by atoms with Crippen LogP contribution in [-0.2, 0) is 4.79 Å². The van der Waals surface area contributed by atoms with E-state index in [2.05, 4.69) is 25.0 Å². The first-order valence-electron chi connectivity index (χ1n) is 3.17. The van der Waals surface area contributed by atoms with Gasteiger partial charge in [-0.3, -0.25) is 4.79 Å². The summed E-state index contributed by atoms with van der Waals surface area (Å²) in [5.74, 6) is 5.43. The zero-order chi connectivity index (χ0) is 8.69. The zero-order valence-corrected chi connectivity index (χ0v) is 6.55. The average molecular weight is 146 g/mol. The summed E-state index contributed by atoms with van der Waals surface area (Å²) >= 11 is 0. The molecule has 0 heterocycles. The lowest BCUT2D eigenvalue weighted by molar-refractivity contribution is -0.104. The molecule has 0 aromatic heterocycles. The van der Waals surface area contributed by atoms with Gasteiger partial charge in [0, 0.05) is 11.1 Å². The minimum atomic E-state index is 0.481. The first kappa shape index (κ1) is 9.45. The summed E-state index contributed by atoms with van der Waals surface area (Å²) in [4.78, 5) is 10.4. The van der Waals surface area contributed by atoms with Gasteiger partial charge in [-0.2, -0.15) is 0 Å². The van der Waals surface area contributed by atoms with E-state index in [0.717, 1.165) is 0 Å². The topological polar surface area (TPSA) is 17.1 Å². The van der Waals surface area contributed by atoms with Gasteiger partial charge in [0.15, 0.2) is 6.29 Å². The van der Waals surface area contributed by atoms with E-state index >= 15 is 0 Å². The maximum atomic E-state index is 10.4. The van der Waals surface area contributed by atoms with Crippen LogP contribution in [0.25, 0.3) is 0 Å². The molecule has 0 aliphatic rings. The van der Waals surface area contributed by atoms with Gasteiger partial charge in [0.25, 0.3) is 0 Å². The summed E-state index contributed by atoms with van der Waals surface area (Å²) in [6.45, 7) is 8.71. The summed E-state index contributed by atoms with van der Waals surface area (Å²) in [5, 5.41) is 0. The second kappa shape index (κ2) is 5.25. The molecule has 0 saturated heterocycles. The van der Waals surface area contributed by atoms with Gasteiger partial charge in [0.05, 0.1) is 0 Å². The van der Waals surface area contributed by atoms with Crippen LogP contribution >= 0.6 is 0 Å². The van der Waals surface area contributed by atoms with Gasteiger partial charge in [-0.05, 0) is 6.92 Å². The Kier molecular flexibility index (Phi) is 4.51. The lowest BCUT2D eigenvalue weighted by atomic mass is 10.1. The summed E-state index contributed by atoms with van der Waals surface area (Å²) in [6.07, 6.45) is 3.73. The highest BCUT2D eigenvalue weighted by Crippen LogP contribution is 2.02.